The van der Waals surface area contributed by atoms with E-state index in [1.165, 1.54) is 0 Å². The Hall–Kier alpha value is -2.62. The Morgan fingerprint density at radius 2 is 1.57 bits per heavy atom. The van der Waals surface area contributed by atoms with Gasteiger partial charge in [0.2, 0.25) is 5.43 Å². The molecular formula is C19H22O4. The summed E-state index contributed by atoms with van der Waals surface area (Å²) < 4.78 is 5.70. The molecule has 0 saturated heterocycles. The average molecular weight is 314 g/mol. The van der Waals surface area contributed by atoms with E-state index in [4.69, 9.17) is 9.52 Å². The van der Waals surface area contributed by atoms with Crippen LogP contribution in [0.5, 0.6) is 0 Å². The summed E-state index contributed by atoms with van der Waals surface area (Å²) in [5.74, 6) is -0.955. The highest BCUT2D eigenvalue weighted by Gasteiger charge is 2.12. The molecule has 4 heteroatoms. The molecule has 1 heterocycles. The Bertz CT molecular complexity index is 847. The van der Waals surface area contributed by atoms with E-state index in [-0.39, 0.29) is 11.8 Å². The van der Waals surface area contributed by atoms with Gasteiger partial charge in [0, 0.05) is 5.56 Å². The zero-order valence-corrected chi connectivity index (χ0v) is 13.9. The molecule has 0 spiro atoms. The van der Waals surface area contributed by atoms with Crippen LogP contribution in [0.4, 0.5) is 0 Å². The van der Waals surface area contributed by atoms with E-state index in [0.717, 1.165) is 0 Å². The second-order valence-corrected chi connectivity index (χ2v) is 4.29. The number of carboxylic acid groups (broad SMARTS) is 1. The van der Waals surface area contributed by atoms with Gasteiger partial charge in [-0.05, 0) is 18.2 Å². The van der Waals surface area contributed by atoms with Gasteiger partial charge in [-0.2, -0.15) is 0 Å². The summed E-state index contributed by atoms with van der Waals surface area (Å²) in [5, 5.41) is 9.81. The fraction of sp³-hybridized carbons (Fsp3) is 0.263. The molecule has 0 bridgehead atoms. The molecule has 0 atom stereocenters. The third kappa shape index (κ3) is 3.97. The van der Waals surface area contributed by atoms with Crippen molar-refractivity contribution in [2.45, 2.75) is 34.1 Å². The summed E-state index contributed by atoms with van der Waals surface area (Å²) in [7, 11) is 0. The Balaban J connectivity index is 0.000000615. The average Bonchev–Trinajstić information content (AvgIpc) is 2.59. The van der Waals surface area contributed by atoms with Gasteiger partial charge in [-0.15, -0.1) is 0 Å². The number of fused-ring (bicyclic) bond motifs is 2. The number of benzene rings is 2. The summed E-state index contributed by atoms with van der Waals surface area (Å²) in [4.78, 5) is 23.2. The number of carbonyl (C=O) groups is 1. The summed E-state index contributed by atoms with van der Waals surface area (Å²) in [5.41, 5.74) is 1.20. The minimum Gasteiger partial charge on any atom is -0.481 e. The smallest absolute Gasteiger partial charge is 0.307 e. The van der Waals surface area contributed by atoms with Crippen LogP contribution in [0.25, 0.3) is 21.9 Å². The number of rotatable bonds is 2. The highest BCUT2D eigenvalue weighted by molar-refractivity contribution is 5.92. The van der Waals surface area contributed by atoms with Crippen LogP contribution in [0.2, 0.25) is 0 Å². The van der Waals surface area contributed by atoms with Gasteiger partial charge < -0.3 is 9.52 Å². The van der Waals surface area contributed by atoms with Gasteiger partial charge in [-0.25, -0.2) is 0 Å². The summed E-state index contributed by atoms with van der Waals surface area (Å²) in [6.07, 6.45) is -0.168. The van der Waals surface area contributed by atoms with E-state index in [1.54, 1.807) is 42.5 Å². The standard InChI is InChI=1S/C15H10O4.2C2H6/c16-13(17)8-9-4-3-6-11-14(18)10-5-1-2-7-12(10)19-15(9)11;2*1-2/h1-7H,8H2,(H,16,17);2*1-2H3. The third-order valence-electron chi connectivity index (χ3n) is 3.03. The van der Waals surface area contributed by atoms with E-state index in [0.29, 0.717) is 27.5 Å². The van der Waals surface area contributed by atoms with Gasteiger partial charge in [0.1, 0.15) is 11.2 Å². The SMILES string of the molecule is CC.CC.O=C(O)Cc1cccc2c(=O)c3ccccc3oc12. The first kappa shape index (κ1) is 18.4. The highest BCUT2D eigenvalue weighted by Crippen LogP contribution is 2.21. The molecule has 3 aromatic rings. The molecule has 0 aliphatic heterocycles. The molecule has 23 heavy (non-hydrogen) atoms. The number of carboxylic acids is 1. The van der Waals surface area contributed by atoms with E-state index in [1.807, 2.05) is 27.7 Å². The maximum absolute atomic E-state index is 12.3. The van der Waals surface area contributed by atoms with Gasteiger partial charge in [-0.3, -0.25) is 9.59 Å². The largest absolute Gasteiger partial charge is 0.481 e. The van der Waals surface area contributed by atoms with Crippen LogP contribution in [-0.2, 0) is 11.2 Å². The number of hydrogen-bond acceptors (Lipinski definition) is 3. The Morgan fingerprint density at radius 1 is 0.957 bits per heavy atom. The zero-order chi connectivity index (χ0) is 17.4. The van der Waals surface area contributed by atoms with E-state index >= 15 is 0 Å². The summed E-state index contributed by atoms with van der Waals surface area (Å²) in [6.45, 7) is 8.00. The molecule has 1 N–H and O–H groups in total. The zero-order valence-electron chi connectivity index (χ0n) is 13.9. The highest BCUT2D eigenvalue weighted by atomic mass is 16.4. The molecule has 122 valence electrons. The molecule has 0 unspecified atom stereocenters. The van der Waals surface area contributed by atoms with Crippen LogP contribution >= 0.6 is 0 Å². The summed E-state index contributed by atoms with van der Waals surface area (Å²) >= 11 is 0. The maximum Gasteiger partial charge on any atom is 0.307 e. The lowest BCUT2D eigenvalue weighted by atomic mass is 10.1. The van der Waals surface area contributed by atoms with Crippen molar-refractivity contribution in [2.24, 2.45) is 0 Å². The number of hydrogen-bond donors (Lipinski definition) is 1. The lowest BCUT2D eigenvalue weighted by Gasteiger charge is -2.05. The third-order valence-corrected chi connectivity index (χ3v) is 3.03. The molecule has 0 fully saturated rings. The monoisotopic (exact) mass is 314 g/mol. The van der Waals surface area contributed by atoms with Gasteiger partial charge in [0.25, 0.3) is 0 Å². The van der Waals surface area contributed by atoms with Crippen molar-refractivity contribution in [3.05, 3.63) is 58.3 Å². The Morgan fingerprint density at radius 3 is 2.22 bits per heavy atom. The van der Waals surface area contributed by atoms with Gasteiger partial charge in [0.15, 0.2) is 0 Å². The fourth-order valence-corrected chi connectivity index (χ4v) is 2.18. The van der Waals surface area contributed by atoms with Crippen LogP contribution in [0.3, 0.4) is 0 Å². The molecule has 0 aliphatic rings. The first-order valence-corrected chi connectivity index (χ1v) is 7.82. The lowest BCUT2D eigenvalue weighted by molar-refractivity contribution is -0.136. The number of para-hydroxylation sites is 2. The minimum atomic E-state index is -0.955. The second kappa shape index (κ2) is 8.73. The van der Waals surface area contributed by atoms with Crippen molar-refractivity contribution >= 4 is 27.9 Å². The predicted octanol–water partition coefficient (Wildman–Crippen LogP) is 4.63. The first-order chi connectivity index (χ1) is 11.2. The molecule has 2 aromatic carbocycles. The normalized spacial score (nSPS) is 9.57. The van der Waals surface area contributed by atoms with E-state index < -0.39 is 5.97 Å². The molecular weight excluding hydrogens is 292 g/mol. The van der Waals surface area contributed by atoms with Crippen molar-refractivity contribution in [3.63, 3.8) is 0 Å². The fourth-order valence-electron chi connectivity index (χ4n) is 2.18. The van der Waals surface area contributed by atoms with Crippen LogP contribution in [0, 0.1) is 0 Å². The van der Waals surface area contributed by atoms with Crippen LogP contribution in [-0.4, -0.2) is 11.1 Å². The van der Waals surface area contributed by atoms with E-state index in [2.05, 4.69) is 0 Å². The quantitative estimate of drug-likeness (QED) is 0.700. The molecule has 0 aliphatic carbocycles. The molecule has 0 amide bonds. The van der Waals surface area contributed by atoms with Crippen LogP contribution in [0.15, 0.2) is 51.7 Å². The van der Waals surface area contributed by atoms with Crippen molar-refractivity contribution in [1.82, 2.24) is 0 Å². The van der Waals surface area contributed by atoms with Crippen molar-refractivity contribution in [2.75, 3.05) is 0 Å². The van der Waals surface area contributed by atoms with Crippen LogP contribution in [0.1, 0.15) is 33.3 Å². The Labute approximate surface area is 135 Å². The molecule has 1 aromatic heterocycles. The topological polar surface area (TPSA) is 67.5 Å². The first-order valence-electron chi connectivity index (χ1n) is 7.82. The van der Waals surface area contributed by atoms with Gasteiger partial charge in [-0.1, -0.05) is 52.0 Å². The maximum atomic E-state index is 12.3. The van der Waals surface area contributed by atoms with E-state index in [9.17, 15) is 9.59 Å². The molecule has 3 rings (SSSR count). The lowest BCUT2D eigenvalue weighted by Crippen LogP contribution is -2.05. The van der Waals surface area contributed by atoms with Crippen LogP contribution < -0.4 is 5.43 Å². The molecule has 4 nitrogen and oxygen atoms in total. The van der Waals surface area contributed by atoms with Crippen molar-refractivity contribution in [3.8, 4) is 0 Å². The molecule has 0 saturated carbocycles. The van der Waals surface area contributed by atoms with Crippen molar-refractivity contribution in [1.29, 1.82) is 0 Å². The van der Waals surface area contributed by atoms with Gasteiger partial charge in [0.05, 0.1) is 17.2 Å². The van der Waals surface area contributed by atoms with Crippen molar-refractivity contribution < 1.29 is 14.3 Å². The molecule has 0 radical (unpaired) electrons. The predicted molar refractivity (Wildman–Crippen MR) is 94.0 cm³/mol. The minimum absolute atomic E-state index is 0.135. The summed E-state index contributed by atoms with van der Waals surface area (Å²) in [6, 6.07) is 11.9. The number of aliphatic carboxylic acids is 1. The Kier molecular flexibility index (Phi) is 7.00. The van der Waals surface area contributed by atoms with Gasteiger partial charge >= 0.3 is 5.97 Å². The second-order valence-electron chi connectivity index (χ2n) is 4.29.